The highest BCUT2D eigenvalue weighted by atomic mass is 16.3. The van der Waals surface area contributed by atoms with Crippen molar-refractivity contribution in [2.45, 2.75) is 52.6 Å². The van der Waals surface area contributed by atoms with E-state index in [9.17, 15) is 4.79 Å². The quantitative estimate of drug-likeness (QED) is 0.807. The summed E-state index contributed by atoms with van der Waals surface area (Å²) >= 11 is 0. The molecule has 0 aromatic rings. The van der Waals surface area contributed by atoms with Crippen LogP contribution in [0.15, 0.2) is 0 Å². The lowest BCUT2D eigenvalue weighted by Gasteiger charge is -2.37. The first-order valence-electron chi connectivity index (χ1n) is 7.12. The largest absolute Gasteiger partial charge is 0.395 e. The first-order valence-corrected chi connectivity index (χ1v) is 7.12. The van der Waals surface area contributed by atoms with E-state index >= 15 is 0 Å². The van der Waals surface area contributed by atoms with Crippen molar-refractivity contribution in [2.24, 2.45) is 5.92 Å². The van der Waals surface area contributed by atoms with Gasteiger partial charge in [-0.05, 0) is 53.6 Å². The highest BCUT2D eigenvalue weighted by molar-refractivity contribution is 5.79. The van der Waals surface area contributed by atoms with E-state index in [0.29, 0.717) is 12.6 Å². The van der Waals surface area contributed by atoms with Crippen LogP contribution in [0.1, 0.15) is 40.5 Å². The number of likely N-dealkylation sites (tertiary alicyclic amines) is 1. The molecule has 1 heterocycles. The Kier molecular flexibility index (Phi) is 6.09. The molecule has 1 aliphatic heterocycles. The van der Waals surface area contributed by atoms with Crippen molar-refractivity contribution in [3.8, 4) is 0 Å². The minimum Gasteiger partial charge on any atom is -0.395 e. The maximum atomic E-state index is 12.4. The number of aliphatic hydroxyl groups excluding tert-OH is 1. The molecule has 1 fully saturated rings. The van der Waals surface area contributed by atoms with Gasteiger partial charge in [0.25, 0.3) is 0 Å². The fraction of sp³-hybridized carbons (Fsp3) is 0.929. The second-order valence-corrected chi connectivity index (χ2v) is 5.75. The molecule has 1 N–H and O–H groups in total. The van der Waals surface area contributed by atoms with Gasteiger partial charge in [-0.3, -0.25) is 4.79 Å². The van der Waals surface area contributed by atoms with E-state index in [-0.39, 0.29) is 24.5 Å². The Hall–Kier alpha value is -0.610. The summed E-state index contributed by atoms with van der Waals surface area (Å²) in [4.78, 5) is 16.6. The van der Waals surface area contributed by atoms with Crippen molar-refractivity contribution in [1.82, 2.24) is 9.80 Å². The molecule has 18 heavy (non-hydrogen) atoms. The van der Waals surface area contributed by atoms with Gasteiger partial charge in [-0.1, -0.05) is 0 Å². The van der Waals surface area contributed by atoms with E-state index in [1.165, 1.54) is 0 Å². The molecule has 4 nitrogen and oxygen atoms in total. The Morgan fingerprint density at radius 2 is 1.83 bits per heavy atom. The van der Waals surface area contributed by atoms with Gasteiger partial charge in [0.05, 0.1) is 6.61 Å². The zero-order valence-electron chi connectivity index (χ0n) is 12.2. The smallest absolute Gasteiger partial charge is 0.226 e. The minimum atomic E-state index is 0.0504. The summed E-state index contributed by atoms with van der Waals surface area (Å²) in [5.74, 6) is 0.372. The number of aliphatic hydroxyl groups is 1. The molecule has 0 saturated carbocycles. The van der Waals surface area contributed by atoms with Crippen LogP contribution in [0.5, 0.6) is 0 Å². The molecular weight excluding hydrogens is 228 g/mol. The van der Waals surface area contributed by atoms with Gasteiger partial charge in [0.2, 0.25) is 5.91 Å². The number of hydrogen-bond acceptors (Lipinski definition) is 3. The van der Waals surface area contributed by atoms with Crippen molar-refractivity contribution in [3.63, 3.8) is 0 Å². The highest BCUT2D eigenvalue weighted by Crippen LogP contribution is 2.21. The van der Waals surface area contributed by atoms with E-state index < -0.39 is 0 Å². The molecule has 0 aliphatic carbocycles. The molecule has 0 radical (unpaired) electrons. The topological polar surface area (TPSA) is 43.8 Å². The van der Waals surface area contributed by atoms with Gasteiger partial charge in [-0.15, -0.1) is 0 Å². The van der Waals surface area contributed by atoms with Crippen LogP contribution in [0.25, 0.3) is 0 Å². The van der Waals surface area contributed by atoms with Gasteiger partial charge in [0.15, 0.2) is 0 Å². The molecule has 106 valence electrons. The van der Waals surface area contributed by atoms with Crippen molar-refractivity contribution in [3.05, 3.63) is 0 Å². The summed E-state index contributed by atoms with van der Waals surface area (Å²) in [6.45, 7) is 11.0. The monoisotopic (exact) mass is 256 g/mol. The second-order valence-electron chi connectivity index (χ2n) is 5.75. The maximum absolute atomic E-state index is 12.4. The Labute approximate surface area is 111 Å². The summed E-state index contributed by atoms with van der Waals surface area (Å²) in [7, 11) is 0. The molecule has 1 saturated heterocycles. The number of carbonyl (C=O) groups excluding carboxylic acids is 1. The molecule has 0 atom stereocenters. The second kappa shape index (κ2) is 7.10. The third-order valence-corrected chi connectivity index (χ3v) is 3.86. The minimum absolute atomic E-state index is 0.0504. The predicted octanol–water partition coefficient (Wildman–Crippen LogP) is 1.34. The van der Waals surface area contributed by atoms with E-state index in [2.05, 4.69) is 18.7 Å². The summed E-state index contributed by atoms with van der Waals surface area (Å²) < 4.78 is 0. The average molecular weight is 256 g/mol. The van der Waals surface area contributed by atoms with E-state index in [4.69, 9.17) is 5.11 Å². The van der Waals surface area contributed by atoms with Gasteiger partial charge in [-0.2, -0.15) is 0 Å². The molecular formula is C14H28N2O2. The van der Waals surface area contributed by atoms with Crippen molar-refractivity contribution in [2.75, 3.05) is 26.2 Å². The number of piperidine rings is 1. The molecule has 1 rings (SSSR count). The van der Waals surface area contributed by atoms with E-state index in [1.54, 1.807) is 0 Å². The normalized spacial score (nSPS) is 18.6. The standard InChI is InChI=1S/C14H28N2O2/c1-11(2)15-7-5-13(6-8-15)14(18)16(9-10-17)12(3)4/h11-13,17H,5-10H2,1-4H3. The Bertz CT molecular complexity index is 259. The summed E-state index contributed by atoms with van der Waals surface area (Å²) in [5.41, 5.74) is 0. The van der Waals surface area contributed by atoms with Crippen LogP contribution in [0.2, 0.25) is 0 Å². The van der Waals surface area contributed by atoms with Crippen LogP contribution < -0.4 is 0 Å². The maximum Gasteiger partial charge on any atom is 0.226 e. The number of nitrogens with zero attached hydrogens (tertiary/aromatic N) is 2. The van der Waals surface area contributed by atoms with Gasteiger partial charge in [0, 0.05) is 24.5 Å². The molecule has 0 bridgehead atoms. The third-order valence-electron chi connectivity index (χ3n) is 3.86. The Morgan fingerprint density at radius 1 is 1.28 bits per heavy atom. The van der Waals surface area contributed by atoms with E-state index in [0.717, 1.165) is 25.9 Å². The molecule has 4 heteroatoms. The molecule has 0 unspecified atom stereocenters. The van der Waals surface area contributed by atoms with Gasteiger partial charge < -0.3 is 14.9 Å². The number of hydrogen-bond donors (Lipinski definition) is 1. The molecule has 0 aromatic heterocycles. The SMILES string of the molecule is CC(C)N1CCC(C(=O)N(CCO)C(C)C)CC1. The van der Waals surface area contributed by atoms with Gasteiger partial charge >= 0.3 is 0 Å². The van der Waals surface area contributed by atoms with Gasteiger partial charge in [0.1, 0.15) is 0 Å². The van der Waals surface area contributed by atoms with Crippen molar-refractivity contribution >= 4 is 5.91 Å². The lowest BCUT2D eigenvalue weighted by molar-refractivity contribution is -0.139. The molecule has 1 amide bonds. The zero-order valence-corrected chi connectivity index (χ0v) is 12.2. The Morgan fingerprint density at radius 3 is 2.22 bits per heavy atom. The van der Waals surface area contributed by atoms with Crippen molar-refractivity contribution in [1.29, 1.82) is 0 Å². The lowest BCUT2D eigenvalue weighted by Crippen LogP contribution is -2.47. The first-order chi connectivity index (χ1) is 8.47. The summed E-state index contributed by atoms with van der Waals surface area (Å²) in [6.07, 6.45) is 1.90. The Balaban J connectivity index is 2.52. The predicted molar refractivity (Wildman–Crippen MR) is 73.4 cm³/mol. The number of amides is 1. The third kappa shape index (κ3) is 3.95. The van der Waals surface area contributed by atoms with Crippen LogP contribution in [-0.2, 0) is 4.79 Å². The van der Waals surface area contributed by atoms with Crippen LogP contribution in [-0.4, -0.2) is 59.1 Å². The highest BCUT2D eigenvalue weighted by Gasteiger charge is 2.29. The van der Waals surface area contributed by atoms with Crippen LogP contribution >= 0.6 is 0 Å². The van der Waals surface area contributed by atoms with Crippen LogP contribution in [0.4, 0.5) is 0 Å². The molecule has 1 aliphatic rings. The van der Waals surface area contributed by atoms with Crippen LogP contribution in [0.3, 0.4) is 0 Å². The fourth-order valence-corrected chi connectivity index (χ4v) is 2.63. The summed E-state index contributed by atoms with van der Waals surface area (Å²) in [5, 5.41) is 9.05. The first kappa shape index (κ1) is 15.4. The van der Waals surface area contributed by atoms with Crippen LogP contribution in [0, 0.1) is 5.92 Å². The number of rotatable bonds is 5. The molecule has 0 spiro atoms. The van der Waals surface area contributed by atoms with E-state index in [1.807, 2.05) is 18.7 Å². The lowest BCUT2D eigenvalue weighted by atomic mass is 9.94. The zero-order chi connectivity index (χ0) is 13.7. The fourth-order valence-electron chi connectivity index (χ4n) is 2.63. The summed E-state index contributed by atoms with van der Waals surface area (Å²) in [6, 6.07) is 0.743. The van der Waals surface area contributed by atoms with Crippen molar-refractivity contribution < 1.29 is 9.90 Å². The number of carbonyl (C=O) groups is 1. The average Bonchev–Trinajstić information content (AvgIpc) is 2.35. The van der Waals surface area contributed by atoms with Gasteiger partial charge in [-0.25, -0.2) is 0 Å². The molecule has 0 aromatic carbocycles.